The molecule has 0 aromatic heterocycles. The maximum Gasteiger partial charge on any atom is 0.251 e. The van der Waals surface area contributed by atoms with Crippen LogP contribution in [-0.4, -0.2) is 30.7 Å². The fourth-order valence-corrected chi connectivity index (χ4v) is 2.56. The predicted molar refractivity (Wildman–Crippen MR) is 81.1 cm³/mol. The van der Waals surface area contributed by atoms with Crippen LogP contribution in [0.25, 0.3) is 0 Å². The lowest BCUT2D eigenvalue weighted by atomic mass is 9.97. The fourth-order valence-electron chi connectivity index (χ4n) is 2.56. The molecule has 0 saturated heterocycles. The zero-order chi connectivity index (χ0) is 14.4. The molecule has 1 unspecified atom stereocenters. The Balaban J connectivity index is 1.90. The minimum absolute atomic E-state index is 0.0159. The number of nitrogens with one attached hydrogen (secondary N) is 2. The summed E-state index contributed by atoms with van der Waals surface area (Å²) in [6.07, 6.45) is 3.88. The summed E-state index contributed by atoms with van der Waals surface area (Å²) in [7, 11) is 0. The van der Waals surface area contributed by atoms with Crippen molar-refractivity contribution in [2.24, 2.45) is 5.92 Å². The molecule has 4 nitrogen and oxygen atoms in total. The molecule has 20 heavy (non-hydrogen) atoms. The highest BCUT2D eigenvalue weighted by atomic mass is 16.3. The van der Waals surface area contributed by atoms with Gasteiger partial charge in [0.05, 0.1) is 0 Å². The van der Waals surface area contributed by atoms with Crippen molar-refractivity contribution in [2.45, 2.75) is 32.6 Å². The molecule has 0 aliphatic carbocycles. The second-order valence-corrected chi connectivity index (χ2v) is 5.55. The molecule has 1 aromatic carbocycles. The third-order valence-electron chi connectivity index (χ3n) is 3.81. The maximum absolute atomic E-state index is 12.2. The summed E-state index contributed by atoms with van der Waals surface area (Å²) in [5.74, 6) is 0.322. The van der Waals surface area contributed by atoms with Crippen molar-refractivity contribution in [1.82, 2.24) is 5.32 Å². The molecular formula is C16H24N2O2. The van der Waals surface area contributed by atoms with Crippen LogP contribution in [0.15, 0.2) is 18.2 Å². The molecule has 1 aliphatic heterocycles. The van der Waals surface area contributed by atoms with Gasteiger partial charge in [0.2, 0.25) is 0 Å². The van der Waals surface area contributed by atoms with Gasteiger partial charge < -0.3 is 15.7 Å². The summed E-state index contributed by atoms with van der Waals surface area (Å²) >= 11 is 0. The minimum Gasteiger partial charge on any atom is -0.396 e. The first-order valence-corrected chi connectivity index (χ1v) is 7.47. The molecule has 110 valence electrons. The molecule has 0 bridgehead atoms. The van der Waals surface area contributed by atoms with E-state index < -0.39 is 0 Å². The van der Waals surface area contributed by atoms with Gasteiger partial charge in [0.25, 0.3) is 5.91 Å². The molecule has 1 heterocycles. The summed E-state index contributed by atoms with van der Waals surface area (Å²) in [5.41, 5.74) is 3.03. The number of hydrogen-bond donors (Lipinski definition) is 3. The largest absolute Gasteiger partial charge is 0.396 e. The summed E-state index contributed by atoms with van der Waals surface area (Å²) in [5, 5.41) is 15.3. The maximum atomic E-state index is 12.2. The molecule has 1 aliphatic rings. The Bertz CT molecular complexity index is 460. The van der Waals surface area contributed by atoms with E-state index in [4.69, 9.17) is 5.11 Å². The van der Waals surface area contributed by atoms with Crippen molar-refractivity contribution < 1.29 is 9.90 Å². The fraction of sp³-hybridized carbons (Fsp3) is 0.562. The van der Waals surface area contributed by atoms with Gasteiger partial charge in [0.1, 0.15) is 0 Å². The molecule has 1 aromatic rings. The Morgan fingerprint density at radius 1 is 1.50 bits per heavy atom. The van der Waals surface area contributed by atoms with Gasteiger partial charge in [-0.2, -0.15) is 0 Å². The van der Waals surface area contributed by atoms with Crippen LogP contribution in [0.5, 0.6) is 0 Å². The Kier molecular flexibility index (Phi) is 5.41. The van der Waals surface area contributed by atoms with Crippen molar-refractivity contribution in [3.8, 4) is 0 Å². The highest BCUT2D eigenvalue weighted by molar-refractivity contribution is 5.97. The second kappa shape index (κ2) is 7.29. The summed E-state index contributed by atoms with van der Waals surface area (Å²) in [6.45, 7) is 3.88. The van der Waals surface area contributed by atoms with Gasteiger partial charge in [-0.1, -0.05) is 13.0 Å². The monoisotopic (exact) mass is 276 g/mol. The lowest BCUT2D eigenvalue weighted by Crippen LogP contribution is -2.27. The number of amides is 1. The Hall–Kier alpha value is -1.55. The standard InChI is InChI=1S/C16H24N2O2/c1-12(11-19)5-3-10-18-16(20)14-6-2-8-15-13(14)7-4-9-17-15/h2,6,8,12,17,19H,3-5,7,9-11H2,1H3,(H,18,20). The molecule has 2 rings (SSSR count). The average molecular weight is 276 g/mol. The van der Waals surface area contributed by atoms with Crippen LogP contribution < -0.4 is 10.6 Å². The number of aliphatic hydroxyl groups is 1. The van der Waals surface area contributed by atoms with Crippen LogP contribution >= 0.6 is 0 Å². The highest BCUT2D eigenvalue weighted by Gasteiger charge is 2.16. The van der Waals surface area contributed by atoms with Crippen molar-refractivity contribution in [3.63, 3.8) is 0 Å². The number of benzene rings is 1. The average Bonchev–Trinajstić information content (AvgIpc) is 2.50. The zero-order valence-electron chi connectivity index (χ0n) is 12.1. The number of hydrogen-bond acceptors (Lipinski definition) is 3. The number of carbonyl (C=O) groups is 1. The van der Waals surface area contributed by atoms with Crippen LogP contribution in [-0.2, 0) is 6.42 Å². The first-order chi connectivity index (χ1) is 9.72. The smallest absolute Gasteiger partial charge is 0.251 e. The molecule has 0 radical (unpaired) electrons. The van der Waals surface area contributed by atoms with E-state index >= 15 is 0 Å². The van der Waals surface area contributed by atoms with E-state index in [1.807, 2.05) is 25.1 Å². The molecule has 3 N–H and O–H groups in total. The number of rotatable bonds is 6. The molecule has 1 atom stereocenters. The molecule has 0 spiro atoms. The van der Waals surface area contributed by atoms with Crippen molar-refractivity contribution >= 4 is 11.6 Å². The molecular weight excluding hydrogens is 252 g/mol. The van der Waals surface area contributed by atoms with E-state index in [0.717, 1.165) is 49.0 Å². The zero-order valence-corrected chi connectivity index (χ0v) is 12.1. The van der Waals surface area contributed by atoms with E-state index in [1.165, 1.54) is 0 Å². The van der Waals surface area contributed by atoms with Crippen LogP contribution in [0.1, 0.15) is 42.1 Å². The summed E-state index contributed by atoms with van der Waals surface area (Å²) in [4.78, 5) is 12.2. The third-order valence-corrected chi connectivity index (χ3v) is 3.81. The predicted octanol–water partition coefficient (Wildman–Crippen LogP) is 2.18. The molecule has 1 amide bonds. The Labute approximate surface area is 120 Å². The van der Waals surface area contributed by atoms with Crippen LogP contribution in [0.2, 0.25) is 0 Å². The second-order valence-electron chi connectivity index (χ2n) is 5.55. The van der Waals surface area contributed by atoms with Gasteiger partial charge in [0.15, 0.2) is 0 Å². The van der Waals surface area contributed by atoms with E-state index in [9.17, 15) is 4.79 Å². The van der Waals surface area contributed by atoms with Gasteiger partial charge in [0, 0.05) is 30.9 Å². The molecule has 0 fully saturated rings. The molecule has 4 heteroatoms. The Morgan fingerprint density at radius 3 is 3.15 bits per heavy atom. The number of aliphatic hydroxyl groups excluding tert-OH is 1. The van der Waals surface area contributed by atoms with Gasteiger partial charge >= 0.3 is 0 Å². The summed E-state index contributed by atoms with van der Waals surface area (Å²) < 4.78 is 0. The van der Waals surface area contributed by atoms with Gasteiger partial charge in [-0.05, 0) is 49.3 Å². The third kappa shape index (κ3) is 3.73. The lowest BCUT2D eigenvalue weighted by molar-refractivity contribution is 0.0951. The Morgan fingerprint density at radius 2 is 2.35 bits per heavy atom. The minimum atomic E-state index is 0.0159. The normalized spacial score (nSPS) is 15.1. The molecule has 0 saturated carbocycles. The van der Waals surface area contributed by atoms with Gasteiger partial charge in [-0.15, -0.1) is 0 Å². The first-order valence-electron chi connectivity index (χ1n) is 7.47. The van der Waals surface area contributed by atoms with E-state index in [-0.39, 0.29) is 12.5 Å². The topological polar surface area (TPSA) is 61.4 Å². The highest BCUT2D eigenvalue weighted by Crippen LogP contribution is 2.25. The van der Waals surface area contributed by atoms with Crippen molar-refractivity contribution in [3.05, 3.63) is 29.3 Å². The van der Waals surface area contributed by atoms with Crippen LogP contribution in [0.3, 0.4) is 0 Å². The van der Waals surface area contributed by atoms with E-state index in [0.29, 0.717) is 12.5 Å². The van der Waals surface area contributed by atoms with Crippen LogP contribution in [0, 0.1) is 5.92 Å². The van der Waals surface area contributed by atoms with Crippen molar-refractivity contribution in [1.29, 1.82) is 0 Å². The van der Waals surface area contributed by atoms with E-state index in [2.05, 4.69) is 10.6 Å². The number of anilines is 1. The number of carbonyl (C=O) groups excluding carboxylic acids is 1. The summed E-state index contributed by atoms with van der Waals surface area (Å²) in [6, 6.07) is 5.87. The SMILES string of the molecule is CC(CO)CCCNC(=O)c1cccc2c1CCCN2. The van der Waals surface area contributed by atoms with Crippen molar-refractivity contribution in [2.75, 3.05) is 25.0 Å². The number of fused-ring (bicyclic) bond motifs is 1. The quantitative estimate of drug-likeness (QED) is 0.698. The first kappa shape index (κ1) is 14.9. The van der Waals surface area contributed by atoms with E-state index in [1.54, 1.807) is 0 Å². The van der Waals surface area contributed by atoms with Crippen LogP contribution in [0.4, 0.5) is 5.69 Å². The van der Waals surface area contributed by atoms with Gasteiger partial charge in [-0.25, -0.2) is 0 Å². The lowest BCUT2D eigenvalue weighted by Gasteiger charge is -2.20. The van der Waals surface area contributed by atoms with Gasteiger partial charge in [-0.3, -0.25) is 4.79 Å².